The average Bonchev–Trinajstić information content (AvgIpc) is 2.41. The van der Waals surface area contributed by atoms with Gasteiger partial charge < -0.3 is 5.32 Å². The zero-order valence-electron chi connectivity index (χ0n) is 12.0. The number of halogens is 2. The minimum atomic E-state index is -0.517. The van der Waals surface area contributed by atoms with E-state index in [9.17, 15) is 8.78 Å². The van der Waals surface area contributed by atoms with Crippen molar-refractivity contribution in [1.82, 2.24) is 0 Å². The summed E-state index contributed by atoms with van der Waals surface area (Å²) in [5.74, 6) is -1.03. The first-order valence-corrected chi connectivity index (χ1v) is 6.83. The van der Waals surface area contributed by atoms with Crippen LogP contribution in [0.1, 0.15) is 36.6 Å². The van der Waals surface area contributed by atoms with Gasteiger partial charge in [-0.15, -0.1) is 0 Å². The summed E-state index contributed by atoms with van der Waals surface area (Å²) in [5.41, 5.74) is 3.27. The highest BCUT2D eigenvalue weighted by molar-refractivity contribution is 5.58. The lowest BCUT2D eigenvalue weighted by Gasteiger charge is -2.21. The fourth-order valence-electron chi connectivity index (χ4n) is 2.44. The highest BCUT2D eigenvalue weighted by Crippen LogP contribution is 2.28. The molecule has 0 aliphatic rings. The standard InChI is InChI=1S/C17H19F2N/c1-4-13-8-5-7-11(2)17(13)20-12(3)16-14(18)9-6-10-15(16)19/h5-10,12,20H,4H2,1-3H3. The van der Waals surface area contributed by atoms with Crippen LogP contribution in [0.25, 0.3) is 0 Å². The molecule has 1 unspecified atom stereocenters. The fraction of sp³-hybridized carbons (Fsp3) is 0.294. The van der Waals surface area contributed by atoms with Crippen molar-refractivity contribution in [2.24, 2.45) is 0 Å². The second-order valence-electron chi connectivity index (χ2n) is 4.96. The fourth-order valence-corrected chi connectivity index (χ4v) is 2.44. The molecule has 20 heavy (non-hydrogen) atoms. The average molecular weight is 275 g/mol. The van der Waals surface area contributed by atoms with Crippen molar-refractivity contribution in [2.45, 2.75) is 33.2 Å². The summed E-state index contributed by atoms with van der Waals surface area (Å²) in [7, 11) is 0. The van der Waals surface area contributed by atoms with Crippen molar-refractivity contribution in [3.8, 4) is 0 Å². The molecule has 0 bridgehead atoms. The number of para-hydroxylation sites is 1. The number of hydrogen-bond acceptors (Lipinski definition) is 1. The molecule has 0 saturated heterocycles. The number of anilines is 1. The first-order chi connectivity index (χ1) is 9.54. The van der Waals surface area contributed by atoms with Gasteiger partial charge >= 0.3 is 0 Å². The molecule has 0 spiro atoms. The Kier molecular flexibility index (Phi) is 4.38. The van der Waals surface area contributed by atoms with Crippen LogP contribution in [0, 0.1) is 18.6 Å². The number of hydrogen-bond donors (Lipinski definition) is 1. The Bertz CT molecular complexity index is 588. The molecular formula is C17H19F2N. The van der Waals surface area contributed by atoms with Crippen molar-refractivity contribution < 1.29 is 8.78 Å². The SMILES string of the molecule is CCc1cccc(C)c1NC(C)c1c(F)cccc1F. The third-order valence-electron chi connectivity index (χ3n) is 3.53. The Labute approximate surface area is 118 Å². The van der Waals surface area contributed by atoms with E-state index in [0.29, 0.717) is 0 Å². The number of nitrogens with one attached hydrogen (secondary N) is 1. The lowest BCUT2D eigenvalue weighted by molar-refractivity contribution is 0.544. The van der Waals surface area contributed by atoms with Crippen LogP contribution in [0.2, 0.25) is 0 Å². The largest absolute Gasteiger partial charge is 0.378 e. The van der Waals surface area contributed by atoms with Crippen LogP contribution in [-0.2, 0) is 6.42 Å². The topological polar surface area (TPSA) is 12.0 Å². The van der Waals surface area contributed by atoms with Crippen LogP contribution < -0.4 is 5.32 Å². The summed E-state index contributed by atoms with van der Waals surface area (Å²) in [5, 5.41) is 3.25. The van der Waals surface area contributed by atoms with Gasteiger partial charge in [0, 0.05) is 11.3 Å². The summed E-state index contributed by atoms with van der Waals surface area (Å²) >= 11 is 0. The lowest BCUT2D eigenvalue weighted by atomic mass is 10.0. The maximum atomic E-state index is 13.8. The molecule has 1 nitrogen and oxygen atoms in total. The van der Waals surface area contributed by atoms with Gasteiger partial charge in [0.05, 0.1) is 6.04 Å². The van der Waals surface area contributed by atoms with Gasteiger partial charge in [-0.05, 0) is 43.5 Å². The molecule has 2 rings (SSSR count). The van der Waals surface area contributed by atoms with Crippen LogP contribution in [0.5, 0.6) is 0 Å². The molecule has 0 saturated carbocycles. The van der Waals surface area contributed by atoms with Gasteiger partial charge in [0.2, 0.25) is 0 Å². The smallest absolute Gasteiger partial charge is 0.131 e. The molecule has 0 aliphatic heterocycles. The van der Waals surface area contributed by atoms with Crippen molar-refractivity contribution in [3.05, 3.63) is 64.7 Å². The van der Waals surface area contributed by atoms with E-state index in [4.69, 9.17) is 0 Å². The van der Waals surface area contributed by atoms with Crippen molar-refractivity contribution >= 4 is 5.69 Å². The third kappa shape index (κ3) is 2.82. The summed E-state index contributed by atoms with van der Waals surface area (Å²) in [6.07, 6.45) is 0.872. The molecule has 2 aromatic rings. The van der Waals surface area contributed by atoms with Crippen LogP contribution in [0.15, 0.2) is 36.4 Å². The Balaban J connectivity index is 2.35. The van der Waals surface area contributed by atoms with E-state index in [1.165, 1.54) is 18.2 Å². The van der Waals surface area contributed by atoms with Gasteiger partial charge in [0.25, 0.3) is 0 Å². The van der Waals surface area contributed by atoms with Gasteiger partial charge in [-0.3, -0.25) is 0 Å². The molecule has 3 heteroatoms. The molecule has 0 fully saturated rings. The highest BCUT2D eigenvalue weighted by Gasteiger charge is 2.17. The Morgan fingerprint density at radius 3 is 2.25 bits per heavy atom. The molecule has 0 aliphatic carbocycles. The quantitative estimate of drug-likeness (QED) is 0.827. The maximum absolute atomic E-state index is 13.8. The van der Waals surface area contributed by atoms with Gasteiger partial charge in [0.1, 0.15) is 11.6 Å². The minimum absolute atomic E-state index is 0.0813. The van der Waals surface area contributed by atoms with Crippen LogP contribution in [0.4, 0.5) is 14.5 Å². The monoisotopic (exact) mass is 275 g/mol. The summed E-state index contributed by atoms with van der Waals surface area (Å²) in [6.45, 7) is 5.83. The van der Waals surface area contributed by atoms with E-state index in [1.807, 2.05) is 25.1 Å². The summed E-state index contributed by atoms with van der Waals surface area (Å²) < 4.78 is 27.6. The molecule has 1 atom stereocenters. The molecule has 0 aromatic heterocycles. The Hall–Kier alpha value is -1.90. The molecule has 106 valence electrons. The predicted octanol–water partition coefficient (Wildman–Crippen LogP) is 5.01. The zero-order chi connectivity index (χ0) is 14.7. The van der Waals surface area contributed by atoms with E-state index in [0.717, 1.165) is 23.2 Å². The molecule has 0 amide bonds. The first-order valence-electron chi connectivity index (χ1n) is 6.83. The van der Waals surface area contributed by atoms with Crippen LogP contribution in [-0.4, -0.2) is 0 Å². The first kappa shape index (κ1) is 14.5. The van der Waals surface area contributed by atoms with Crippen molar-refractivity contribution in [2.75, 3.05) is 5.32 Å². The molecule has 0 radical (unpaired) electrons. The third-order valence-corrected chi connectivity index (χ3v) is 3.53. The highest BCUT2D eigenvalue weighted by atomic mass is 19.1. The second kappa shape index (κ2) is 6.04. The lowest BCUT2D eigenvalue weighted by Crippen LogP contribution is -2.13. The molecule has 0 heterocycles. The van der Waals surface area contributed by atoms with Gasteiger partial charge in [-0.1, -0.05) is 31.2 Å². The number of aryl methyl sites for hydroxylation is 2. The zero-order valence-corrected chi connectivity index (χ0v) is 12.0. The maximum Gasteiger partial charge on any atom is 0.131 e. The summed E-state index contributed by atoms with van der Waals surface area (Å²) in [6, 6.07) is 9.54. The van der Waals surface area contributed by atoms with Gasteiger partial charge in [-0.2, -0.15) is 0 Å². The van der Waals surface area contributed by atoms with Crippen LogP contribution in [0.3, 0.4) is 0 Å². The van der Waals surface area contributed by atoms with Crippen molar-refractivity contribution in [3.63, 3.8) is 0 Å². The van der Waals surface area contributed by atoms with E-state index >= 15 is 0 Å². The summed E-state index contributed by atoms with van der Waals surface area (Å²) in [4.78, 5) is 0. The Morgan fingerprint density at radius 2 is 1.65 bits per heavy atom. The second-order valence-corrected chi connectivity index (χ2v) is 4.96. The van der Waals surface area contributed by atoms with Crippen LogP contribution >= 0.6 is 0 Å². The molecular weight excluding hydrogens is 256 g/mol. The molecule has 1 N–H and O–H groups in total. The minimum Gasteiger partial charge on any atom is -0.378 e. The van der Waals surface area contributed by atoms with E-state index < -0.39 is 17.7 Å². The normalized spacial score (nSPS) is 12.2. The number of rotatable bonds is 4. The Morgan fingerprint density at radius 1 is 1.05 bits per heavy atom. The van der Waals surface area contributed by atoms with E-state index in [1.54, 1.807) is 6.92 Å². The van der Waals surface area contributed by atoms with Crippen molar-refractivity contribution in [1.29, 1.82) is 0 Å². The molecule has 2 aromatic carbocycles. The van der Waals surface area contributed by atoms with Gasteiger partial charge in [0.15, 0.2) is 0 Å². The van der Waals surface area contributed by atoms with Gasteiger partial charge in [-0.25, -0.2) is 8.78 Å². The van der Waals surface area contributed by atoms with E-state index in [2.05, 4.69) is 12.2 Å². The van der Waals surface area contributed by atoms with E-state index in [-0.39, 0.29) is 5.56 Å². The number of benzene rings is 2. The predicted molar refractivity (Wildman–Crippen MR) is 79.0 cm³/mol.